The highest BCUT2D eigenvalue weighted by molar-refractivity contribution is 7.99. The largest absolute Gasteiger partial charge is 0.497 e. The van der Waals surface area contributed by atoms with Gasteiger partial charge in [0.25, 0.3) is 0 Å². The second-order valence-electron chi connectivity index (χ2n) is 3.85. The lowest BCUT2D eigenvalue weighted by atomic mass is 10.2. The van der Waals surface area contributed by atoms with Crippen molar-refractivity contribution in [1.29, 1.82) is 5.26 Å². The van der Waals surface area contributed by atoms with Crippen LogP contribution in [0.2, 0.25) is 0 Å². The lowest BCUT2D eigenvalue weighted by Gasteiger charge is -2.05. The molecule has 2 aromatic rings. The van der Waals surface area contributed by atoms with E-state index in [-0.39, 0.29) is 0 Å². The summed E-state index contributed by atoms with van der Waals surface area (Å²) in [5, 5.41) is 17.7. The molecule has 19 heavy (non-hydrogen) atoms. The number of nitrogens with zero attached hydrogens (tertiary/aromatic N) is 4. The Kier molecular flexibility index (Phi) is 4.42. The lowest BCUT2D eigenvalue weighted by Crippen LogP contribution is -1.95. The van der Waals surface area contributed by atoms with Crippen molar-refractivity contribution in [2.45, 2.75) is 11.6 Å². The van der Waals surface area contributed by atoms with E-state index in [9.17, 15) is 0 Å². The van der Waals surface area contributed by atoms with Gasteiger partial charge in [0.1, 0.15) is 5.75 Å². The number of hydrogen-bond donors (Lipinski definition) is 0. The molecule has 0 aliphatic carbocycles. The zero-order valence-electron chi connectivity index (χ0n) is 10.8. The van der Waals surface area contributed by atoms with Crippen LogP contribution >= 0.6 is 11.8 Å². The van der Waals surface area contributed by atoms with Gasteiger partial charge in [-0.2, -0.15) is 5.26 Å². The predicted octanol–water partition coefficient (Wildman–Crippen LogP) is 2.50. The first kappa shape index (κ1) is 13.4. The molecule has 0 aliphatic heterocycles. The molecule has 2 rings (SSSR count). The molecule has 0 radical (unpaired) electrons. The Morgan fingerprint density at radius 3 is 3.00 bits per heavy atom. The van der Waals surface area contributed by atoms with Crippen molar-refractivity contribution in [2.75, 3.05) is 12.9 Å². The first-order valence-corrected chi connectivity index (χ1v) is 6.78. The van der Waals surface area contributed by atoms with E-state index in [0.29, 0.717) is 6.42 Å². The molecule has 5 nitrogen and oxygen atoms in total. The summed E-state index contributed by atoms with van der Waals surface area (Å²) in [6.07, 6.45) is 0.506. The fourth-order valence-corrected chi connectivity index (χ4v) is 2.40. The van der Waals surface area contributed by atoms with Crippen LogP contribution < -0.4 is 4.74 Å². The highest BCUT2D eigenvalue weighted by atomic mass is 32.2. The van der Waals surface area contributed by atoms with Crippen LogP contribution in [-0.2, 0) is 7.05 Å². The van der Waals surface area contributed by atoms with Crippen molar-refractivity contribution in [2.24, 2.45) is 7.05 Å². The average Bonchev–Trinajstić information content (AvgIpc) is 2.81. The predicted molar refractivity (Wildman–Crippen MR) is 73.9 cm³/mol. The van der Waals surface area contributed by atoms with Gasteiger partial charge in [-0.05, 0) is 12.1 Å². The first-order chi connectivity index (χ1) is 9.26. The van der Waals surface area contributed by atoms with Gasteiger partial charge in [-0.3, -0.25) is 0 Å². The van der Waals surface area contributed by atoms with E-state index in [1.54, 1.807) is 7.11 Å². The summed E-state index contributed by atoms with van der Waals surface area (Å²) in [6, 6.07) is 9.82. The fraction of sp³-hybridized carbons (Fsp3) is 0.308. The van der Waals surface area contributed by atoms with E-state index in [1.807, 2.05) is 35.9 Å². The second kappa shape index (κ2) is 6.25. The van der Waals surface area contributed by atoms with Gasteiger partial charge in [0.2, 0.25) is 0 Å². The zero-order chi connectivity index (χ0) is 13.7. The second-order valence-corrected chi connectivity index (χ2v) is 4.92. The van der Waals surface area contributed by atoms with Crippen molar-refractivity contribution in [3.63, 3.8) is 0 Å². The Bertz CT molecular complexity index is 603. The highest BCUT2D eigenvalue weighted by Gasteiger charge is 2.11. The SMILES string of the molecule is COc1cccc(-c2nnc(SCCC#N)n2C)c1. The Balaban J connectivity index is 2.23. The molecule has 1 heterocycles. The normalized spacial score (nSPS) is 10.2. The van der Waals surface area contributed by atoms with Crippen LogP contribution in [0.25, 0.3) is 11.4 Å². The van der Waals surface area contributed by atoms with Gasteiger partial charge in [0, 0.05) is 24.8 Å². The van der Waals surface area contributed by atoms with Crippen LogP contribution in [0.15, 0.2) is 29.4 Å². The van der Waals surface area contributed by atoms with Crippen molar-refractivity contribution in [3.8, 4) is 23.2 Å². The van der Waals surface area contributed by atoms with E-state index in [4.69, 9.17) is 10.00 Å². The smallest absolute Gasteiger partial charge is 0.191 e. The van der Waals surface area contributed by atoms with Gasteiger partial charge in [0.15, 0.2) is 11.0 Å². The van der Waals surface area contributed by atoms with Gasteiger partial charge in [-0.1, -0.05) is 23.9 Å². The summed E-state index contributed by atoms with van der Waals surface area (Å²) in [4.78, 5) is 0. The Morgan fingerprint density at radius 1 is 1.42 bits per heavy atom. The standard InChI is InChI=1S/C13H14N4OS/c1-17-12(10-5-3-6-11(9-10)18-2)15-16-13(17)19-8-4-7-14/h3,5-6,9H,4,8H2,1-2H3. The number of hydrogen-bond acceptors (Lipinski definition) is 5. The lowest BCUT2D eigenvalue weighted by molar-refractivity contribution is 0.415. The molecule has 0 amide bonds. The summed E-state index contributed by atoms with van der Waals surface area (Å²) < 4.78 is 7.13. The Labute approximate surface area is 116 Å². The molecule has 0 N–H and O–H groups in total. The van der Waals surface area contributed by atoms with Crippen LogP contribution in [0.1, 0.15) is 6.42 Å². The molecule has 98 valence electrons. The molecule has 0 atom stereocenters. The molecule has 6 heteroatoms. The molecule has 0 fully saturated rings. The van der Waals surface area contributed by atoms with E-state index in [2.05, 4.69) is 16.3 Å². The third-order valence-electron chi connectivity index (χ3n) is 2.61. The van der Waals surface area contributed by atoms with Crippen LogP contribution in [0.4, 0.5) is 0 Å². The molecular weight excluding hydrogens is 260 g/mol. The number of rotatable bonds is 5. The van der Waals surface area contributed by atoms with E-state index < -0.39 is 0 Å². The summed E-state index contributed by atoms with van der Waals surface area (Å²) in [7, 11) is 3.56. The summed E-state index contributed by atoms with van der Waals surface area (Å²) >= 11 is 1.53. The number of ether oxygens (including phenoxy) is 1. The van der Waals surface area contributed by atoms with Crippen molar-refractivity contribution in [3.05, 3.63) is 24.3 Å². The van der Waals surface area contributed by atoms with E-state index >= 15 is 0 Å². The van der Waals surface area contributed by atoms with Gasteiger partial charge in [-0.15, -0.1) is 10.2 Å². The molecule has 0 aliphatic rings. The monoisotopic (exact) mass is 274 g/mol. The molecule has 0 unspecified atom stereocenters. The molecule has 0 saturated heterocycles. The van der Waals surface area contributed by atoms with Crippen LogP contribution in [-0.4, -0.2) is 27.6 Å². The fourth-order valence-electron chi connectivity index (χ4n) is 1.64. The van der Waals surface area contributed by atoms with E-state index in [1.165, 1.54) is 11.8 Å². The van der Waals surface area contributed by atoms with Crippen LogP contribution in [0, 0.1) is 11.3 Å². The van der Waals surface area contributed by atoms with Crippen LogP contribution in [0.5, 0.6) is 5.75 Å². The third-order valence-corrected chi connectivity index (χ3v) is 3.63. The first-order valence-electron chi connectivity index (χ1n) is 5.80. The molecule has 1 aromatic carbocycles. The minimum absolute atomic E-state index is 0.506. The molecular formula is C13H14N4OS. The summed E-state index contributed by atoms with van der Waals surface area (Å²) in [6.45, 7) is 0. The van der Waals surface area contributed by atoms with Crippen molar-refractivity contribution >= 4 is 11.8 Å². The highest BCUT2D eigenvalue weighted by Crippen LogP contribution is 2.25. The molecule has 0 saturated carbocycles. The van der Waals surface area contributed by atoms with Crippen molar-refractivity contribution < 1.29 is 4.74 Å². The quantitative estimate of drug-likeness (QED) is 0.619. The van der Waals surface area contributed by atoms with Gasteiger partial charge in [-0.25, -0.2) is 0 Å². The maximum absolute atomic E-state index is 8.53. The topological polar surface area (TPSA) is 63.7 Å². The van der Waals surface area contributed by atoms with Crippen molar-refractivity contribution in [1.82, 2.24) is 14.8 Å². The Hall–Kier alpha value is -2.00. The molecule has 0 bridgehead atoms. The average molecular weight is 274 g/mol. The number of methoxy groups -OCH3 is 1. The number of nitriles is 1. The Morgan fingerprint density at radius 2 is 2.26 bits per heavy atom. The minimum Gasteiger partial charge on any atom is -0.497 e. The number of thioether (sulfide) groups is 1. The summed E-state index contributed by atoms with van der Waals surface area (Å²) in [5.41, 5.74) is 0.960. The third kappa shape index (κ3) is 3.06. The van der Waals surface area contributed by atoms with Gasteiger partial charge < -0.3 is 9.30 Å². The number of aromatic nitrogens is 3. The maximum Gasteiger partial charge on any atom is 0.191 e. The maximum atomic E-state index is 8.53. The van der Waals surface area contributed by atoms with Crippen LogP contribution in [0.3, 0.4) is 0 Å². The minimum atomic E-state index is 0.506. The number of benzene rings is 1. The zero-order valence-corrected chi connectivity index (χ0v) is 11.6. The summed E-state index contributed by atoms with van der Waals surface area (Å²) in [5.74, 6) is 2.30. The molecule has 0 spiro atoms. The molecule has 1 aromatic heterocycles. The van der Waals surface area contributed by atoms with E-state index in [0.717, 1.165) is 28.0 Å². The van der Waals surface area contributed by atoms with Gasteiger partial charge >= 0.3 is 0 Å². The van der Waals surface area contributed by atoms with Gasteiger partial charge in [0.05, 0.1) is 13.2 Å².